The zero-order valence-corrected chi connectivity index (χ0v) is 10.3. The summed E-state index contributed by atoms with van der Waals surface area (Å²) >= 11 is 0. The molecule has 1 atom stereocenters. The summed E-state index contributed by atoms with van der Waals surface area (Å²) in [6.45, 7) is 7.92. The van der Waals surface area contributed by atoms with E-state index in [1.807, 2.05) is 0 Å². The summed E-state index contributed by atoms with van der Waals surface area (Å²) in [4.78, 5) is 2.28. The van der Waals surface area contributed by atoms with Crippen LogP contribution in [0, 0.1) is 11.3 Å². The van der Waals surface area contributed by atoms with Crippen LogP contribution < -0.4 is 0 Å². The number of nitrogens with zero attached hydrogens (tertiary/aromatic N) is 2. The highest BCUT2D eigenvalue weighted by atomic mass is 16.5. The van der Waals surface area contributed by atoms with E-state index in [-0.39, 0.29) is 11.1 Å². The first-order valence-electron chi connectivity index (χ1n) is 5.62. The van der Waals surface area contributed by atoms with Crippen molar-refractivity contribution < 1.29 is 4.74 Å². The third kappa shape index (κ3) is 3.19. The van der Waals surface area contributed by atoms with E-state index in [4.69, 9.17) is 10.00 Å². The highest BCUT2D eigenvalue weighted by molar-refractivity contribution is 5.00. The Bertz CT molecular complexity index is 251. The van der Waals surface area contributed by atoms with Gasteiger partial charge in [-0.3, -0.25) is 4.90 Å². The van der Waals surface area contributed by atoms with E-state index < -0.39 is 0 Å². The minimum Gasteiger partial charge on any atom is -0.374 e. The topological polar surface area (TPSA) is 36.3 Å². The fourth-order valence-electron chi connectivity index (χ4n) is 2.03. The second-order valence-corrected chi connectivity index (χ2v) is 5.49. The molecule has 0 aromatic heterocycles. The molecule has 1 saturated heterocycles. The van der Waals surface area contributed by atoms with Crippen molar-refractivity contribution in [2.24, 2.45) is 0 Å². The summed E-state index contributed by atoms with van der Waals surface area (Å²) in [6, 6.07) is 2.30. The average Bonchev–Trinajstić information content (AvgIpc) is 2.45. The lowest BCUT2D eigenvalue weighted by Crippen LogP contribution is -2.46. The quantitative estimate of drug-likeness (QED) is 0.716. The van der Waals surface area contributed by atoms with Gasteiger partial charge in [0.25, 0.3) is 0 Å². The maximum Gasteiger partial charge on any atom is 0.0667 e. The first-order chi connectivity index (χ1) is 6.90. The Morgan fingerprint density at radius 1 is 1.47 bits per heavy atom. The molecule has 0 aromatic carbocycles. The van der Waals surface area contributed by atoms with E-state index in [1.54, 1.807) is 0 Å². The van der Waals surface area contributed by atoms with Gasteiger partial charge < -0.3 is 4.74 Å². The van der Waals surface area contributed by atoms with Gasteiger partial charge in [0.1, 0.15) is 0 Å². The highest BCUT2D eigenvalue weighted by Gasteiger charge is 2.39. The summed E-state index contributed by atoms with van der Waals surface area (Å²) in [7, 11) is 2.09. The van der Waals surface area contributed by atoms with Crippen LogP contribution in [0.15, 0.2) is 0 Å². The van der Waals surface area contributed by atoms with Crippen molar-refractivity contribution in [3.63, 3.8) is 0 Å². The normalized spacial score (nSPS) is 27.9. The first-order valence-corrected chi connectivity index (χ1v) is 5.62. The van der Waals surface area contributed by atoms with Gasteiger partial charge in [-0.25, -0.2) is 0 Å². The molecule has 1 fully saturated rings. The molecule has 0 saturated carbocycles. The second-order valence-electron chi connectivity index (χ2n) is 5.49. The predicted molar refractivity (Wildman–Crippen MR) is 60.5 cm³/mol. The van der Waals surface area contributed by atoms with Crippen molar-refractivity contribution in [3.8, 4) is 6.07 Å². The van der Waals surface area contributed by atoms with E-state index in [0.717, 1.165) is 13.0 Å². The van der Waals surface area contributed by atoms with Crippen LogP contribution in [0.5, 0.6) is 0 Å². The Balaban J connectivity index is 2.63. The zero-order chi connectivity index (χ0) is 11.5. The van der Waals surface area contributed by atoms with Gasteiger partial charge in [0.05, 0.1) is 30.2 Å². The molecule has 86 valence electrons. The fraction of sp³-hybridized carbons (Fsp3) is 0.917. The van der Waals surface area contributed by atoms with Crippen molar-refractivity contribution >= 4 is 0 Å². The molecule has 1 aliphatic rings. The predicted octanol–water partition coefficient (Wildman–Crippen LogP) is 2.18. The number of nitriles is 1. The lowest BCUT2D eigenvalue weighted by Gasteiger charge is -2.36. The second kappa shape index (κ2) is 4.51. The van der Waals surface area contributed by atoms with Gasteiger partial charge in [0.2, 0.25) is 0 Å². The zero-order valence-electron chi connectivity index (χ0n) is 10.3. The summed E-state index contributed by atoms with van der Waals surface area (Å²) in [5, 5.41) is 8.91. The Hall–Kier alpha value is -0.590. The summed E-state index contributed by atoms with van der Waals surface area (Å²) < 4.78 is 5.85. The third-order valence-electron chi connectivity index (χ3n) is 3.13. The SMILES string of the molecule is CN1CCCC1(CC#N)COC(C)(C)C. The van der Waals surface area contributed by atoms with Crippen molar-refractivity contribution in [3.05, 3.63) is 0 Å². The molecular weight excluding hydrogens is 188 g/mol. The van der Waals surface area contributed by atoms with Crippen molar-refractivity contribution in [1.29, 1.82) is 5.26 Å². The number of hydrogen-bond donors (Lipinski definition) is 0. The molecule has 0 aromatic rings. The van der Waals surface area contributed by atoms with Gasteiger partial charge in [-0.2, -0.15) is 5.26 Å². The van der Waals surface area contributed by atoms with Crippen molar-refractivity contribution in [2.75, 3.05) is 20.2 Å². The van der Waals surface area contributed by atoms with E-state index in [2.05, 4.69) is 38.8 Å². The molecule has 0 bridgehead atoms. The smallest absolute Gasteiger partial charge is 0.0667 e. The molecule has 0 N–H and O–H groups in total. The molecule has 1 heterocycles. The summed E-state index contributed by atoms with van der Waals surface area (Å²) in [6.07, 6.45) is 2.82. The van der Waals surface area contributed by atoms with E-state index in [1.165, 1.54) is 6.42 Å². The number of likely N-dealkylation sites (tertiary alicyclic amines) is 1. The van der Waals surface area contributed by atoms with Crippen LogP contribution in [-0.4, -0.2) is 36.2 Å². The van der Waals surface area contributed by atoms with Gasteiger partial charge in [0.15, 0.2) is 0 Å². The number of likely N-dealkylation sites (N-methyl/N-ethyl adjacent to an activating group) is 1. The molecule has 0 radical (unpaired) electrons. The molecule has 0 amide bonds. The first kappa shape index (κ1) is 12.5. The Morgan fingerprint density at radius 2 is 2.13 bits per heavy atom. The maximum absolute atomic E-state index is 8.91. The standard InChI is InChI=1S/C12H22N2O/c1-11(2,3)15-10-12(7-8-13)6-5-9-14(12)4/h5-7,9-10H2,1-4H3. The third-order valence-corrected chi connectivity index (χ3v) is 3.13. The van der Waals surface area contributed by atoms with E-state index >= 15 is 0 Å². The molecule has 1 aliphatic heterocycles. The van der Waals surface area contributed by atoms with Gasteiger partial charge in [-0.1, -0.05) is 0 Å². The van der Waals surface area contributed by atoms with Crippen LogP contribution in [-0.2, 0) is 4.74 Å². The highest BCUT2D eigenvalue weighted by Crippen LogP contribution is 2.32. The fourth-order valence-corrected chi connectivity index (χ4v) is 2.03. The molecule has 1 unspecified atom stereocenters. The minimum absolute atomic E-state index is 0.0397. The molecule has 1 rings (SSSR count). The molecule has 3 nitrogen and oxygen atoms in total. The van der Waals surface area contributed by atoms with Crippen LogP contribution in [0.25, 0.3) is 0 Å². The van der Waals surface area contributed by atoms with E-state index in [9.17, 15) is 0 Å². The number of rotatable bonds is 3. The van der Waals surface area contributed by atoms with Gasteiger partial charge in [-0.15, -0.1) is 0 Å². The summed E-state index contributed by atoms with van der Waals surface area (Å²) in [5.74, 6) is 0. The maximum atomic E-state index is 8.91. The van der Waals surface area contributed by atoms with Crippen molar-refractivity contribution in [2.45, 2.75) is 51.2 Å². The summed E-state index contributed by atoms with van der Waals surface area (Å²) in [5.41, 5.74) is -0.159. The van der Waals surface area contributed by atoms with Crippen LogP contribution in [0.2, 0.25) is 0 Å². The Morgan fingerprint density at radius 3 is 2.53 bits per heavy atom. The average molecular weight is 210 g/mol. The van der Waals surface area contributed by atoms with E-state index in [0.29, 0.717) is 13.0 Å². The van der Waals surface area contributed by atoms with Crippen molar-refractivity contribution in [1.82, 2.24) is 4.90 Å². The molecule has 15 heavy (non-hydrogen) atoms. The molecule has 0 aliphatic carbocycles. The van der Waals surface area contributed by atoms with Crippen LogP contribution in [0.3, 0.4) is 0 Å². The van der Waals surface area contributed by atoms with Gasteiger partial charge in [0, 0.05) is 0 Å². The lowest BCUT2D eigenvalue weighted by molar-refractivity contribution is -0.0559. The molecule has 3 heteroatoms. The number of ether oxygens (including phenoxy) is 1. The van der Waals surface area contributed by atoms with Gasteiger partial charge >= 0.3 is 0 Å². The Labute approximate surface area is 93.0 Å². The molecular formula is C12H22N2O. The largest absolute Gasteiger partial charge is 0.374 e. The van der Waals surface area contributed by atoms with Gasteiger partial charge in [-0.05, 0) is 47.2 Å². The molecule has 0 spiro atoms. The number of hydrogen-bond acceptors (Lipinski definition) is 3. The Kier molecular flexibility index (Phi) is 3.75. The lowest BCUT2D eigenvalue weighted by atomic mass is 9.93. The van der Waals surface area contributed by atoms with Crippen LogP contribution >= 0.6 is 0 Å². The van der Waals surface area contributed by atoms with Crippen LogP contribution in [0.4, 0.5) is 0 Å². The monoisotopic (exact) mass is 210 g/mol. The van der Waals surface area contributed by atoms with Crippen LogP contribution in [0.1, 0.15) is 40.0 Å². The minimum atomic E-state index is -0.119.